The van der Waals surface area contributed by atoms with E-state index in [1.165, 1.54) is 19.3 Å². The van der Waals surface area contributed by atoms with Crippen LogP contribution in [0.3, 0.4) is 0 Å². The van der Waals surface area contributed by atoms with Crippen LogP contribution >= 0.6 is 0 Å². The SMILES string of the molecule is CC(CC1CC1)NCc1ccno1. The van der Waals surface area contributed by atoms with E-state index in [9.17, 15) is 0 Å². The molecule has 1 aromatic heterocycles. The fraction of sp³-hybridized carbons (Fsp3) is 0.700. The monoisotopic (exact) mass is 180 g/mol. The number of nitrogens with zero attached hydrogens (tertiary/aromatic N) is 1. The molecule has 13 heavy (non-hydrogen) atoms. The van der Waals surface area contributed by atoms with Crippen molar-refractivity contribution in [3.8, 4) is 0 Å². The van der Waals surface area contributed by atoms with Crippen molar-refractivity contribution < 1.29 is 4.52 Å². The Kier molecular flexibility index (Phi) is 2.64. The van der Waals surface area contributed by atoms with Crippen LogP contribution in [0.2, 0.25) is 0 Å². The summed E-state index contributed by atoms with van der Waals surface area (Å²) in [5.74, 6) is 1.90. The van der Waals surface area contributed by atoms with Crippen molar-refractivity contribution in [1.82, 2.24) is 10.5 Å². The summed E-state index contributed by atoms with van der Waals surface area (Å²) in [5, 5.41) is 7.08. The third kappa shape index (κ3) is 2.84. The van der Waals surface area contributed by atoms with Gasteiger partial charge in [-0.15, -0.1) is 0 Å². The van der Waals surface area contributed by atoms with Crippen LogP contribution in [0.15, 0.2) is 16.8 Å². The van der Waals surface area contributed by atoms with E-state index in [-0.39, 0.29) is 0 Å². The number of rotatable bonds is 5. The van der Waals surface area contributed by atoms with Gasteiger partial charge < -0.3 is 9.84 Å². The largest absolute Gasteiger partial charge is 0.360 e. The van der Waals surface area contributed by atoms with E-state index in [4.69, 9.17) is 4.52 Å². The lowest BCUT2D eigenvalue weighted by molar-refractivity contribution is 0.360. The highest BCUT2D eigenvalue weighted by Gasteiger charge is 2.23. The summed E-state index contributed by atoms with van der Waals surface area (Å²) in [6, 6.07) is 2.49. The van der Waals surface area contributed by atoms with Gasteiger partial charge in [0.1, 0.15) is 5.76 Å². The summed E-state index contributed by atoms with van der Waals surface area (Å²) < 4.78 is 4.99. The van der Waals surface area contributed by atoms with Crippen LogP contribution in [0.5, 0.6) is 0 Å². The molecule has 0 saturated heterocycles. The highest BCUT2D eigenvalue weighted by molar-refractivity contribution is 4.92. The topological polar surface area (TPSA) is 38.1 Å². The zero-order valence-electron chi connectivity index (χ0n) is 7.99. The minimum absolute atomic E-state index is 0.595. The first-order chi connectivity index (χ1) is 6.34. The molecule has 1 aromatic rings. The normalized spacial score (nSPS) is 18.8. The van der Waals surface area contributed by atoms with Gasteiger partial charge in [-0.05, 0) is 19.3 Å². The van der Waals surface area contributed by atoms with E-state index in [1.54, 1.807) is 6.20 Å². The third-order valence-electron chi connectivity index (χ3n) is 2.50. The van der Waals surface area contributed by atoms with Gasteiger partial charge in [-0.1, -0.05) is 18.0 Å². The molecule has 1 aliphatic rings. The second kappa shape index (κ2) is 3.92. The van der Waals surface area contributed by atoms with E-state index < -0.39 is 0 Å². The Hall–Kier alpha value is -0.830. The summed E-state index contributed by atoms with van der Waals surface area (Å²) in [4.78, 5) is 0. The molecule has 1 atom stereocenters. The van der Waals surface area contributed by atoms with Gasteiger partial charge in [0.2, 0.25) is 0 Å². The smallest absolute Gasteiger partial charge is 0.150 e. The second-order valence-electron chi connectivity index (χ2n) is 3.94. The fourth-order valence-corrected chi connectivity index (χ4v) is 1.55. The van der Waals surface area contributed by atoms with Crippen molar-refractivity contribution in [2.75, 3.05) is 0 Å². The molecule has 1 N–H and O–H groups in total. The zero-order valence-corrected chi connectivity index (χ0v) is 7.99. The molecule has 0 bridgehead atoms. The van der Waals surface area contributed by atoms with Crippen LogP contribution in [-0.2, 0) is 6.54 Å². The molecule has 1 saturated carbocycles. The van der Waals surface area contributed by atoms with Gasteiger partial charge in [0.05, 0.1) is 12.7 Å². The first-order valence-corrected chi connectivity index (χ1v) is 4.97. The van der Waals surface area contributed by atoms with E-state index in [1.807, 2.05) is 6.07 Å². The van der Waals surface area contributed by atoms with Gasteiger partial charge in [-0.25, -0.2) is 0 Å². The van der Waals surface area contributed by atoms with Crippen molar-refractivity contribution in [2.24, 2.45) is 5.92 Å². The van der Waals surface area contributed by atoms with Gasteiger partial charge in [0.15, 0.2) is 0 Å². The lowest BCUT2D eigenvalue weighted by Crippen LogP contribution is -2.25. The minimum atomic E-state index is 0.595. The van der Waals surface area contributed by atoms with E-state index >= 15 is 0 Å². The molecule has 3 heteroatoms. The Labute approximate surface area is 78.5 Å². The predicted molar refractivity (Wildman–Crippen MR) is 50.1 cm³/mol. The molecule has 72 valence electrons. The molecular formula is C10H16N2O. The van der Waals surface area contributed by atoms with Crippen molar-refractivity contribution in [2.45, 2.75) is 38.8 Å². The lowest BCUT2D eigenvalue weighted by Gasteiger charge is -2.11. The Morgan fingerprint density at radius 1 is 1.69 bits per heavy atom. The lowest BCUT2D eigenvalue weighted by atomic mass is 10.1. The number of nitrogens with one attached hydrogen (secondary N) is 1. The molecule has 0 amide bonds. The summed E-state index contributed by atoms with van der Waals surface area (Å²) in [6.45, 7) is 3.03. The molecule has 1 unspecified atom stereocenters. The molecule has 1 heterocycles. The van der Waals surface area contributed by atoms with Crippen LogP contribution < -0.4 is 5.32 Å². The highest BCUT2D eigenvalue weighted by atomic mass is 16.5. The van der Waals surface area contributed by atoms with Crippen molar-refractivity contribution in [3.63, 3.8) is 0 Å². The second-order valence-corrected chi connectivity index (χ2v) is 3.94. The number of hydrogen-bond donors (Lipinski definition) is 1. The maximum absolute atomic E-state index is 4.99. The number of aromatic nitrogens is 1. The average Bonchev–Trinajstić information content (AvgIpc) is 2.78. The number of hydrogen-bond acceptors (Lipinski definition) is 3. The minimum Gasteiger partial charge on any atom is -0.360 e. The van der Waals surface area contributed by atoms with Gasteiger partial charge in [-0.3, -0.25) is 0 Å². The highest BCUT2D eigenvalue weighted by Crippen LogP contribution is 2.33. The summed E-state index contributed by atoms with van der Waals surface area (Å²) >= 11 is 0. The zero-order chi connectivity index (χ0) is 9.10. The first kappa shape index (κ1) is 8.75. The maximum Gasteiger partial charge on any atom is 0.150 e. The first-order valence-electron chi connectivity index (χ1n) is 4.97. The Bertz CT molecular complexity index is 241. The quantitative estimate of drug-likeness (QED) is 0.752. The molecule has 2 rings (SSSR count). The van der Waals surface area contributed by atoms with Gasteiger partial charge in [-0.2, -0.15) is 0 Å². The summed E-state index contributed by atoms with van der Waals surface area (Å²) in [6.07, 6.45) is 5.83. The van der Waals surface area contributed by atoms with Crippen molar-refractivity contribution in [1.29, 1.82) is 0 Å². The van der Waals surface area contributed by atoms with Gasteiger partial charge >= 0.3 is 0 Å². The van der Waals surface area contributed by atoms with Gasteiger partial charge in [0, 0.05) is 12.1 Å². The molecule has 0 aromatic carbocycles. The standard InChI is InChI=1S/C10H16N2O/c1-8(6-9-2-3-9)11-7-10-4-5-12-13-10/h4-5,8-9,11H,2-3,6-7H2,1H3. The van der Waals surface area contributed by atoms with Crippen molar-refractivity contribution >= 4 is 0 Å². The Morgan fingerprint density at radius 2 is 2.54 bits per heavy atom. The third-order valence-corrected chi connectivity index (χ3v) is 2.50. The molecule has 0 aliphatic heterocycles. The van der Waals surface area contributed by atoms with Crippen LogP contribution in [0.1, 0.15) is 31.9 Å². The Morgan fingerprint density at radius 3 is 3.15 bits per heavy atom. The predicted octanol–water partition coefficient (Wildman–Crippen LogP) is 1.95. The fourth-order valence-electron chi connectivity index (χ4n) is 1.55. The van der Waals surface area contributed by atoms with E-state index in [0.717, 1.165) is 18.2 Å². The molecule has 1 aliphatic carbocycles. The average molecular weight is 180 g/mol. The van der Waals surface area contributed by atoms with E-state index in [2.05, 4.69) is 17.4 Å². The summed E-state index contributed by atoms with van der Waals surface area (Å²) in [7, 11) is 0. The van der Waals surface area contributed by atoms with Crippen LogP contribution in [0.4, 0.5) is 0 Å². The van der Waals surface area contributed by atoms with Crippen LogP contribution in [-0.4, -0.2) is 11.2 Å². The van der Waals surface area contributed by atoms with E-state index in [0.29, 0.717) is 6.04 Å². The van der Waals surface area contributed by atoms with Crippen molar-refractivity contribution in [3.05, 3.63) is 18.0 Å². The van der Waals surface area contributed by atoms with Crippen LogP contribution in [0.25, 0.3) is 0 Å². The van der Waals surface area contributed by atoms with Gasteiger partial charge in [0.25, 0.3) is 0 Å². The molecular weight excluding hydrogens is 164 g/mol. The van der Waals surface area contributed by atoms with Crippen LogP contribution in [0, 0.1) is 5.92 Å². The molecule has 0 radical (unpaired) electrons. The molecule has 1 fully saturated rings. The maximum atomic E-state index is 4.99. The molecule has 3 nitrogen and oxygen atoms in total. The summed E-state index contributed by atoms with van der Waals surface area (Å²) in [5.41, 5.74) is 0. The molecule has 0 spiro atoms. The Balaban J connectivity index is 1.66.